The Morgan fingerprint density at radius 3 is 2.55 bits per heavy atom. The Bertz CT molecular complexity index is 525. The maximum absolute atomic E-state index is 11.7. The van der Waals surface area contributed by atoms with E-state index in [1.807, 2.05) is 0 Å². The SMILES string of the molecule is CNC(=O)C(C)(C)CNC(=O)Nc1sccc1C(=O)O. The summed E-state index contributed by atoms with van der Waals surface area (Å²) < 4.78 is 0. The first-order valence-electron chi connectivity index (χ1n) is 5.85. The lowest BCUT2D eigenvalue weighted by atomic mass is 9.92. The number of thiophene rings is 1. The first-order valence-corrected chi connectivity index (χ1v) is 6.73. The lowest BCUT2D eigenvalue weighted by Crippen LogP contribution is -2.44. The molecule has 0 fully saturated rings. The zero-order valence-corrected chi connectivity index (χ0v) is 12.3. The van der Waals surface area contributed by atoms with Gasteiger partial charge >= 0.3 is 12.0 Å². The summed E-state index contributed by atoms with van der Waals surface area (Å²) in [6.45, 7) is 3.52. The average Bonchev–Trinajstić information content (AvgIpc) is 2.83. The second-order valence-corrected chi connectivity index (χ2v) is 5.66. The zero-order chi connectivity index (χ0) is 15.3. The van der Waals surface area contributed by atoms with Crippen molar-refractivity contribution in [2.24, 2.45) is 5.41 Å². The van der Waals surface area contributed by atoms with E-state index in [0.717, 1.165) is 11.3 Å². The number of carbonyl (C=O) groups is 3. The van der Waals surface area contributed by atoms with E-state index in [1.54, 1.807) is 19.2 Å². The van der Waals surface area contributed by atoms with Gasteiger partial charge in [-0.25, -0.2) is 9.59 Å². The molecule has 0 aromatic carbocycles. The van der Waals surface area contributed by atoms with Crippen LogP contribution in [0.15, 0.2) is 11.4 Å². The third-order valence-electron chi connectivity index (χ3n) is 2.66. The second kappa shape index (κ2) is 6.38. The third kappa shape index (κ3) is 3.95. The molecule has 20 heavy (non-hydrogen) atoms. The van der Waals surface area contributed by atoms with Gasteiger partial charge in [-0.1, -0.05) is 0 Å². The van der Waals surface area contributed by atoms with Gasteiger partial charge in [0.05, 0.1) is 11.0 Å². The number of nitrogens with one attached hydrogen (secondary N) is 3. The number of hydrogen-bond donors (Lipinski definition) is 4. The molecule has 0 radical (unpaired) electrons. The predicted molar refractivity (Wildman–Crippen MR) is 76.1 cm³/mol. The largest absolute Gasteiger partial charge is 0.478 e. The first-order chi connectivity index (χ1) is 9.27. The van der Waals surface area contributed by atoms with Crippen molar-refractivity contribution < 1.29 is 19.5 Å². The van der Waals surface area contributed by atoms with Crippen molar-refractivity contribution in [3.8, 4) is 0 Å². The van der Waals surface area contributed by atoms with Gasteiger partial charge in [0.2, 0.25) is 5.91 Å². The van der Waals surface area contributed by atoms with Crippen LogP contribution in [0.4, 0.5) is 9.80 Å². The van der Waals surface area contributed by atoms with Gasteiger partial charge in [0, 0.05) is 13.6 Å². The van der Waals surface area contributed by atoms with E-state index >= 15 is 0 Å². The van der Waals surface area contributed by atoms with Crippen molar-refractivity contribution in [2.45, 2.75) is 13.8 Å². The Kier molecular flexibility index (Phi) is 5.09. The summed E-state index contributed by atoms with van der Waals surface area (Å²) in [5.74, 6) is -1.30. The monoisotopic (exact) mass is 299 g/mol. The molecule has 3 amide bonds. The van der Waals surface area contributed by atoms with Crippen LogP contribution < -0.4 is 16.0 Å². The minimum Gasteiger partial charge on any atom is -0.478 e. The molecule has 0 bridgehead atoms. The predicted octanol–water partition coefficient (Wildman–Crippen LogP) is 1.34. The summed E-state index contributed by atoms with van der Waals surface area (Å²) in [6, 6.07) is 0.865. The molecule has 0 aliphatic carbocycles. The molecule has 0 aliphatic rings. The van der Waals surface area contributed by atoms with E-state index in [2.05, 4.69) is 16.0 Å². The smallest absolute Gasteiger partial charge is 0.338 e. The molecule has 1 aromatic heterocycles. The quantitative estimate of drug-likeness (QED) is 0.658. The summed E-state index contributed by atoms with van der Waals surface area (Å²) in [7, 11) is 1.52. The number of hydrogen-bond acceptors (Lipinski definition) is 4. The molecule has 0 saturated heterocycles. The topological polar surface area (TPSA) is 108 Å². The number of carbonyl (C=O) groups excluding carboxylic acids is 2. The summed E-state index contributed by atoms with van der Waals surface area (Å²) in [4.78, 5) is 34.1. The summed E-state index contributed by atoms with van der Waals surface area (Å²) >= 11 is 1.12. The van der Waals surface area contributed by atoms with E-state index < -0.39 is 17.4 Å². The van der Waals surface area contributed by atoms with Gasteiger partial charge in [0.25, 0.3) is 0 Å². The zero-order valence-electron chi connectivity index (χ0n) is 11.4. The maximum Gasteiger partial charge on any atom is 0.338 e. The maximum atomic E-state index is 11.7. The molecule has 0 saturated carbocycles. The fourth-order valence-electron chi connectivity index (χ4n) is 1.44. The average molecular weight is 299 g/mol. The van der Waals surface area contributed by atoms with Gasteiger partial charge in [-0.3, -0.25) is 10.1 Å². The van der Waals surface area contributed by atoms with E-state index in [4.69, 9.17) is 5.11 Å². The van der Waals surface area contributed by atoms with Gasteiger partial charge in [-0.2, -0.15) is 0 Å². The highest BCUT2D eigenvalue weighted by Crippen LogP contribution is 2.23. The Morgan fingerprint density at radius 1 is 1.35 bits per heavy atom. The van der Waals surface area contributed by atoms with Crippen LogP contribution in [-0.4, -0.2) is 36.6 Å². The van der Waals surface area contributed by atoms with Crippen LogP contribution in [0.25, 0.3) is 0 Å². The number of aromatic carboxylic acids is 1. The first kappa shape index (κ1) is 16.0. The Morgan fingerprint density at radius 2 is 2.00 bits per heavy atom. The van der Waals surface area contributed by atoms with Crippen molar-refractivity contribution in [1.29, 1.82) is 0 Å². The van der Waals surface area contributed by atoms with Crippen LogP contribution in [0.5, 0.6) is 0 Å². The summed E-state index contributed by atoms with van der Waals surface area (Å²) in [5.41, 5.74) is -0.715. The molecule has 7 nitrogen and oxygen atoms in total. The molecule has 0 spiro atoms. The van der Waals surface area contributed by atoms with Gasteiger partial charge in [-0.15, -0.1) is 11.3 Å². The lowest BCUT2D eigenvalue weighted by molar-refractivity contribution is -0.128. The van der Waals surface area contributed by atoms with Crippen molar-refractivity contribution in [3.05, 3.63) is 17.0 Å². The number of carboxylic acid groups (broad SMARTS) is 1. The molecule has 0 aliphatic heterocycles. The molecule has 1 aromatic rings. The van der Waals surface area contributed by atoms with Crippen LogP contribution in [0, 0.1) is 5.41 Å². The van der Waals surface area contributed by atoms with Crippen LogP contribution in [0.3, 0.4) is 0 Å². The highest BCUT2D eigenvalue weighted by atomic mass is 32.1. The lowest BCUT2D eigenvalue weighted by Gasteiger charge is -2.22. The van der Waals surface area contributed by atoms with E-state index in [0.29, 0.717) is 0 Å². The van der Waals surface area contributed by atoms with Gasteiger partial charge in [0.15, 0.2) is 0 Å². The van der Waals surface area contributed by atoms with Crippen LogP contribution in [-0.2, 0) is 4.79 Å². The highest BCUT2D eigenvalue weighted by molar-refractivity contribution is 7.14. The standard InChI is InChI=1S/C12H17N3O4S/c1-12(2,10(18)13-3)6-14-11(19)15-8-7(9(16)17)4-5-20-8/h4-5H,6H2,1-3H3,(H,13,18)(H,16,17)(H2,14,15,19). The number of urea groups is 1. The van der Waals surface area contributed by atoms with Crippen LogP contribution in [0.1, 0.15) is 24.2 Å². The van der Waals surface area contributed by atoms with Crippen molar-refractivity contribution in [1.82, 2.24) is 10.6 Å². The number of rotatable bonds is 5. The van der Waals surface area contributed by atoms with Crippen LogP contribution >= 0.6 is 11.3 Å². The number of carboxylic acids is 1. The number of amides is 3. The van der Waals surface area contributed by atoms with Gasteiger partial charge in [0.1, 0.15) is 5.00 Å². The molecular formula is C12H17N3O4S. The Balaban J connectivity index is 2.59. The summed E-state index contributed by atoms with van der Waals surface area (Å²) in [6.07, 6.45) is 0. The van der Waals surface area contributed by atoms with Crippen LogP contribution in [0.2, 0.25) is 0 Å². The molecule has 0 atom stereocenters. The minimum atomic E-state index is -1.10. The van der Waals surface area contributed by atoms with E-state index in [-0.39, 0.29) is 23.0 Å². The van der Waals surface area contributed by atoms with E-state index in [1.165, 1.54) is 13.1 Å². The second-order valence-electron chi connectivity index (χ2n) is 4.74. The highest BCUT2D eigenvalue weighted by Gasteiger charge is 2.27. The Labute approximate surface area is 120 Å². The Hall–Kier alpha value is -2.09. The third-order valence-corrected chi connectivity index (χ3v) is 3.49. The van der Waals surface area contributed by atoms with E-state index in [9.17, 15) is 14.4 Å². The number of anilines is 1. The van der Waals surface area contributed by atoms with Crippen molar-refractivity contribution in [2.75, 3.05) is 18.9 Å². The normalized spacial score (nSPS) is 10.8. The fourth-order valence-corrected chi connectivity index (χ4v) is 2.22. The molecule has 8 heteroatoms. The molecule has 0 unspecified atom stereocenters. The molecule has 1 rings (SSSR count). The molecular weight excluding hydrogens is 282 g/mol. The molecule has 1 heterocycles. The molecule has 110 valence electrons. The van der Waals surface area contributed by atoms with Crippen molar-refractivity contribution in [3.63, 3.8) is 0 Å². The molecule has 4 N–H and O–H groups in total. The minimum absolute atomic E-state index is 0.0377. The fraction of sp³-hybridized carbons (Fsp3) is 0.417. The van der Waals surface area contributed by atoms with Gasteiger partial charge in [-0.05, 0) is 25.3 Å². The summed E-state index contributed by atoms with van der Waals surface area (Å²) in [5, 5.41) is 18.3. The van der Waals surface area contributed by atoms with Gasteiger partial charge < -0.3 is 15.7 Å². The van der Waals surface area contributed by atoms with Crippen molar-refractivity contribution >= 4 is 34.2 Å².